The van der Waals surface area contributed by atoms with E-state index in [-0.39, 0.29) is 23.7 Å². The predicted octanol–water partition coefficient (Wildman–Crippen LogP) is 1.04. The topological polar surface area (TPSA) is 125 Å². The van der Waals surface area contributed by atoms with Crippen molar-refractivity contribution >= 4 is 33.6 Å². The number of ether oxygens (including phenoxy) is 1. The second-order valence-corrected chi connectivity index (χ2v) is 10.4. The molecule has 2 aliphatic heterocycles. The summed E-state index contributed by atoms with van der Waals surface area (Å²) >= 11 is 0. The van der Waals surface area contributed by atoms with Gasteiger partial charge >= 0.3 is 6.03 Å². The zero-order chi connectivity index (χ0) is 23.9. The second-order valence-electron chi connectivity index (χ2n) is 8.48. The zero-order valence-corrected chi connectivity index (χ0v) is 19.1. The molecule has 2 aromatic carbocycles. The molecule has 10 nitrogen and oxygen atoms in total. The van der Waals surface area contributed by atoms with Crippen LogP contribution in [0.3, 0.4) is 0 Å². The molecule has 2 N–H and O–H groups in total. The third kappa shape index (κ3) is 3.75. The van der Waals surface area contributed by atoms with Crippen LogP contribution >= 0.6 is 0 Å². The van der Waals surface area contributed by atoms with Crippen LogP contribution in [0.4, 0.5) is 10.5 Å². The van der Waals surface area contributed by atoms with Crippen LogP contribution in [0.1, 0.15) is 17.5 Å². The van der Waals surface area contributed by atoms with Gasteiger partial charge in [-0.3, -0.25) is 14.5 Å². The first-order chi connectivity index (χ1) is 16.3. The number of carbonyl (C=O) groups excluding carboxylic acids is 3. The van der Waals surface area contributed by atoms with Crippen molar-refractivity contribution in [2.24, 2.45) is 0 Å². The van der Waals surface area contributed by atoms with Crippen LogP contribution in [0.2, 0.25) is 0 Å². The number of anilines is 1. The van der Waals surface area contributed by atoms with Crippen molar-refractivity contribution in [2.45, 2.75) is 23.3 Å². The molecule has 0 radical (unpaired) electrons. The minimum atomic E-state index is -3.73. The van der Waals surface area contributed by atoms with Crippen LogP contribution in [0.5, 0.6) is 0 Å². The van der Waals surface area contributed by atoms with E-state index in [2.05, 4.69) is 10.6 Å². The first kappa shape index (κ1) is 22.5. The Morgan fingerprint density at radius 1 is 1.09 bits per heavy atom. The molecule has 0 saturated carbocycles. The first-order valence-corrected chi connectivity index (χ1v) is 12.5. The van der Waals surface area contributed by atoms with Gasteiger partial charge in [-0.1, -0.05) is 30.3 Å². The second kappa shape index (κ2) is 8.49. The number of carbonyl (C=O) groups is 3. The van der Waals surface area contributed by atoms with Gasteiger partial charge < -0.3 is 15.4 Å². The summed E-state index contributed by atoms with van der Waals surface area (Å²) in [6.45, 7) is 0.697. The fourth-order valence-electron chi connectivity index (χ4n) is 4.75. The molecule has 1 atom stereocenters. The van der Waals surface area contributed by atoms with Crippen molar-refractivity contribution in [3.05, 3.63) is 59.7 Å². The highest BCUT2D eigenvalue weighted by molar-refractivity contribution is 7.89. The standard InChI is InChI=1S/C23H24N4O6S/c28-20(24-17-5-3-6-18(14-17)34(31,32)26-10-12-33-13-11-26)15-27-21(29)23(25-22(27)30)9-8-16-4-1-2-7-19(16)23/h1-7,14H,8-13,15H2,(H,24,28)(H,25,30). The molecule has 34 heavy (non-hydrogen) atoms. The third-order valence-electron chi connectivity index (χ3n) is 6.45. The lowest BCUT2D eigenvalue weighted by Crippen LogP contribution is -2.43. The Morgan fingerprint density at radius 2 is 1.85 bits per heavy atom. The van der Waals surface area contributed by atoms with Crippen molar-refractivity contribution < 1.29 is 27.5 Å². The summed E-state index contributed by atoms with van der Waals surface area (Å²) in [4.78, 5) is 39.5. The van der Waals surface area contributed by atoms with Gasteiger partial charge in [0.15, 0.2) is 0 Å². The lowest BCUT2D eigenvalue weighted by molar-refractivity contribution is -0.134. The molecule has 5 rings (SSSR count). The molecule has 2 aromatic rings. The summed E-state index contributed by atoms with van der Waals surface area (Å²) in [5.41, 5.74) is 0.880. The Labute approximate surface area is 196 Å². The first-order valence-electron chi connectivity index (χ1n) is 11.0. The highest BCUT2D eigenvalue weighted by Crippen LogP contribution is 2.41. The number of rotatable bonds is 5. The highest BCUT2D eigenvalue weighted by Gasteiger charge is 2.55. The molecule has 3 aliphatic rings. The maximum absolute atomic E-state index is 13.2. The number of morpholine rings is 1. The third-order valence-corrected chi connectivity index (χ3v) is 8.34. The van der Waals surface area contributed by atoms with E-state index >= 15 is 0 Å². The van der Waals surface area contributed by atoms with Gasteiger partial charge in [0.2, 0.25) is 15.9 Å². The van der Waals surface area contributed by atoms with Gasteiger partial charge in [-0.05, 0) is 42.2 Å². The summed E-state index contributed by atoms with van der Waals surface area (Å²) in [5.74, 6) is -1.06. The van der Waals surface area contributed by atoms with E-state index in [9.17, 15) is 22.8 Å². The number of urea groups is 1. The molecule has 2 saturated heterocycles. The molecule has 11 heteroatoms. The van der Waals surface area contributed by atoms with E-state index in [0.717, 1.165) is 16.0 Å². The van der Waals surface area contributed by atoms with Crippen molar-refractivity contribution in [1.29, 1.82) is 0 Å². The number of nitrogens with zero attached hydrogens (tertiary/aromatic N) is 2. The largest absolute Gasteiger partial charge is 0.379 e. The van der Waals surface area contributed by atoms with Crippen LogP contribution in [0.15, 0.2) is 53.4 Å². The van der Waals surface area contributed by atoms with E-state index in [1.165, 1.54) is 22.5 Å². The lowest BCUT2D eigenvalue weighted by Gasteiger charge is -2.26. The molecule has 1 unspecified atom stereocenters. The number of sulfonamides is 1. The Bertz CT molecular complexity index is 1270. The van der Waals surface area contributed by atoms with Crippen molar-refractivity contribution in [3.8, 4) is 0 Å². The maximum atomic E-state index is 13.2. The van der Waals surface area contributed by atoms with Gasteiger partial charge in [0.05, 0.1) is 18.1 Å². The van der Waals surface area contributed by atoms with Crippen LogP contribution in [-0.2, 0) is 36.3 Å². The summed E-state index contributed by atoms with van der Waals surface area (Å²) in [6.07, 6.45) is 1.10. The molecule has 2 heterocycles. The fraction of sp³-hybridized carbons (Fsp3) is 0.348. The van der Waals surface area contributed by atoms with E-state index in [4.69, 9.17) is 4.74 Å². The predicted molar refractivity (Wildman–Crippen MR) is 121 cm³/mol. The van der Waals surface area contributed by atoms with E-state index < -0.39 is 40.0 Å². The van der Waals surface area contributed by atoms with Gasteiger partial charge in [0, 0.05) is 18.8 Å². The maximum Gasteiger partial charge on any atom is 0.325 e. The Kier molecular flexibility index (Phi) is 5.62. The lowest BCUT2D eigenvalue weighted by atomic mass is 9.92. The molecular weight excluding hydrogens is 460 g/mol. The van der Waals surface area contributed by atoms with E-state index in [1.807, 2.05) is 24.3 Å². The molecule has 1 aliphatic carbocycles. The SMILES string of the molecule is O=C(CN1C(=O)NC2(CCc3ccccc32)C1=O)Nc1cccc(S(=O)(=O)N2CCOCC2)c1. The number of aryl methyl sites for hydroxylation is 1. The molecule has 178 valence electrons. The summed E-state index contributed by atoms with van der Waals surface area (Å²) < 4.78 is 32.3. The number of hydrogen-bond donors (Lipinski definition) is 2. The average Bonchev–Trinajstić information content (AvgIpc) is 3.33. The average molecular weight is 485 g/mol. The minimum absolute atomic E-state index is 0.0451. The zero-order valence-electron chi connectivity index (χ0n) is 18.3. The molecular formula is C23H24N4O6S. The minimum Gasteiger partial charge on any atom is -0.379 e. The fourth-order valence-corrected chi connectivity index (χ4v) is 6.20. The Balaban J connectivity index is 1.29. The van der Waals surface area contributed by atoms with Crippen molar-refractivity contribution in [1.82, 2.24) is 14.5 Å². The smallest absolute Gasteiger partial charge is 0.325 e. The van der Waals surface area contributed by atoms with E-state index in [0.29, 0.717) is 26.1 Å². The van der Waals surface area contributed by atoms with Crippen molar-refractivity contribution in [2.75, 3.05) is 38.2 Å². The van der Waals surface area contributed by atoms with Gasteiger partial charge in [-0.2, -0.15) is 4.31 Å². The summed E-state index contributed by atoms with van der Waals surface area (Å²) in [7, 11) is -3.73. The number of hydrogen-bond acceptors (Lipinski definition) is 6. The van der Waals surface area contributed by atoms with Crippen LogP contribution in [0, 0.1) is 0 Å². The van der Waals surface area contributed by atoms with Crippen molar-refractivity contribution in [3.63, 3.8) is 0 Å². The number of imide groups is 1. The summed E-state index contributed by atoms with van der Waals surface area (Å²) in [6, 6.07) is 12.7. The monoisotopic (exact) mass is 484 g/mol. The Morgan fingerprint density at radius 3 is 2.65 bits per heavy atom. The van der Waals surface area contributed by atoms with Gasteiger partial charge in [0.1, 0.15) is 12.1 Å². The number of benzene rings is 2. The van der Waals surface area contributed by atoms with E-state index in [1.54, 1.807) is 6.07 Å². The molecule has 4 amide bonds. The quantitative estimate of drug-likeness (QED) is 0.611. The van der Waals surface area contributed by atoms with Crippen LogP contribution in [0.25, 0.3) is 0 Å². The van der Waals surface area contributed by atoms with Gasteiger partial charge in [0.25, 0.3) is 5.91 Å². The normalized spacial score (nSPS) is 22.6. The number of nitrogens with one attached hydrogen (secondary N) is 2. The number of amides is 4. The highest BCUT2D eigenvalue weighted by atomic mass is 32.2. The van der Waals surface area contributed by atoms with Crippen LogP contribution < -0.4 is 10.6 Å². The molecule has 0 bridgehead atoms. The molecule has 2 fully saturated rings. The molecule has 0 aromatic heterocycles. The van der Waals surface area contributed by atoms with Crippen LogP contribution in [-0.4, -0.2) is 68.3 Å². The number of fused-ring (bicyclic) bond motifs is 2. The molecule has 1 spiro atoms. The Hall–Kier alpha value is -3.28. The van der Waals surface area contributed by atoms with Gasteiger partial charge in [-0.15, -0.1) is 0 Å². The summed E-state index contributed by atoms with van der Waals surface area (Å²) in [5, 5.41) is 5.39. The van der Waals surface area contributed by atoms with Gasteiger partial charge in [-0.25, -0.2) is 13.2 Å².